The summed E-state index contributed by atoms with van der Waals surface area (Å²) >= 11 is 3.54. The van der Waals surface area contributed by atoms with Crippen LogP contribution in [0.15, 0.2) is 28.7 Å². The summed E-state index contributed by atoms with van der Waals surface area (Å²) in [5.41, 5.74) is 0.921. The number of carbonyl (C=O) groups excluding carboxylic acids is 1. The van der Waals surface area contributed by atoms with Gasteiger partial charge in [-0.05, 0) is 49.3 Å². The van der Waals surface area contributed by atoms with Crippen LogP contribution in [0.5, 0.6) is 0 Å². The van der Waals surface area contributed by atoms with Crippen LogP contribution in [0.25, 0.3) is 0 Å². The number of amides is 1. The number of rotatable bonds is 4. The molecule has 0 heterocycles. The molecule has 0 aliphatic heterocycles. The monoisotopic (exact) mass is 335 g/mol. The fourth-order valence-corrected chi connectivity index (χ4v) is 3.93. The molecule has 3 heteroatoms. The largest absolute Gasteiger partial charge is 0.345 e. The van der Waals surface area contributed by atoms with Crippen molar-refractivity contribution in [1.82, 2.24) is 4.90 Å². The number of hydrogen-bond acceptors (Lipinski definition) is 1. The van der Waals surface area contributed by atoms with Crippen molar-refractivity contribution < 1.29 is 4.79 Å². The summed E-state index contributed by atoms with van der Waals surface area (Å²) in [5.74, 6) is 1.09. The molecule has 0 aromatic heterocycles. The first-order valence-corrected chi connectivity index (χ1v) is 8.43. The molecule has 2 fully saturated rings. The molecule has 0 unspecified atom stereocenters. The highest BCUT2D eigenvalue weighted by atomic mass is 79.9. The van der Waals surface area contributed by atoms with Gasteiger partial charge < -0.3 is 4.90 Å². The zero-order valence-corrected chi connectivity index (χ0v) is 13.7. The van der Waals surface area contributed by atoms with Crippen LogP contribution in [-0.2, 0) is 10.2 Å². The predicted octanol–water partition coefficient (Wildman–Crippen LogP) is 4.13. The van der Waals surface area contributed by atoms with Crippen molar-refractivity contribution in [2.24, 2.45) is 5.92 Å². The lowest BCUT2D eigenvalue weighted by Crippen LogP contribution is -2.44. The van der Waals surface area contributed by atoms with Crippen LogP contribution in [0.3, 0.4) is 0 Å². The van der Waals surface area contributed by atoms with Gasteiger partial charge in [0.25, 0.3) is 0 Å². The summed E-state index contributed by atoms with van der Waals surface area (Å²) < 4.78 is 1.07. The Kier molecular flexibility index (Phi) is 3.89. The average molecular weight is 336 g/mol. The van der Waals surface area contributed by atoms with Crippen LogP contribution in [0.1, 0.15) is 44.1 Å². The van der Waals surface area contributed by atoms with Gasteiger partial charge in [-0.2, -0.15) is 0 Å². The van der Waals surface area contributed by atoms with Crippen molar-refractivity contribution in [1.29, 1.82) is 0 Å². The Labute approximate surface area is 129 Å². The Bertz CT molecular complexity index is 503. The van der Waals surface area contributed by atoms with Gasteiger partial charge in [-0.25, -0.2) is 0 Å². The zero-order chi connectivity index (χ0) is 14.2. The molecule has 1 amide bonds. The normalized spacial score (nSPS) is 20.9. The molecule has 2 aliphatic carbocycles. The van der Waals surface area contributed by atoms with Crippen LogP contribution in [0.2, 0.25) is 0 Å². The van der Waals surface area contributed by atoms with Crippen LogP contribution < -0.4 is 0 Å². The highest BCUT2D eigenvalue weighted by Gasteiger charge is 2.44. The molecule has 0 saturated heterocycles. The zero-order valence-electron chi connectivity index (χ0n) is 12.1. The van der Waals surface area contributed by atoms with Gasteiger partial charge in [0.2, 0.25) is 5.91 Å². The smallest absolute Gasteiger partial charge is 0.232 e. The summed E-state index contributed by atoms with van der Waals surface area (Å²) in [7, 11) is 1.98. The van der Waals surface area contributed by atoms with E-state index in [1.807, 2.05) is 24.1 Å². The van der Waals surface area contributed by atoms with Crippen LogP contribution in [0, 0.1) is 5.92 Å². The van der Waals surface area contributed by atoms with Gasteiger partial charge >= 0.3 is 0 Å². The summed E-state index contributed by atoms with van der Waals surface area (Å²) in [6, 6.07) is 8.34. The van der Waals surface area contributed by atoms with Gasteiger partial charge in [0.1, 0.15) is 0 Å². The SMILES string of the molecule is CN(CC1CC1)C(=O)C1(c2cccc(Br)c2)CCCC1. The minimum atomic E-state index is -0.270. The van der Waals surface area contributed by atoms with E-state index in [9.17, 15) is 4.79 Å². The lowest BCUT2D eigenvalue weighted by Gasteiger charge is -2.33. The lowest BCUT2D eigenvalue weighted by molar-refractivity contribution is -0.136. The summed E-state index contributed by atoms with van der Waals surface area (Å²) in [6.07, 6.45) is 6.91. The fraction of sp³-hybridized carbons (Fsp3) is 0.588. The second-order valence-electron chi connectivity index (χ2n) is 6.43. The molecule has 0 N–H and O–H groups in total. The number of nitrogens with zero attached hydrogens (tertiary/aromatic N) is 1. The van der Waals surface area contributed by atoms with Gasteiger partial charge in [0.15, 0.2) is 0 Å². The van der Waals surface area contributed by atoms with Crippen LogP contribution in [-0.4, -0.2) is 24.4 Å². The molecule has 3 rings (SSSR count). The Hall–Kier alpha value is -0.830. The lowest BCUT2D eigenvalue weighted by atomic mass is 9.77. The maximum absolute atomic E-state index is 13.1. The minimum absolute atomic E-state index is 0.270. The van der Waals surface area contributed by atoms with E-state index in [2.05, 4.69) is 28.1 Å². The van der Waals surface area contributed by atoms with E-state index < -0.39 is 0 Å². The fourth-order valence-electron chi connectivity index (χ4n) is 3.53. The van der Waals surface area contributed by atoms with Crippen molar-refractivity contribution in [2.45, 2.75) is 43.9 Å². The van der Waals surface area contributed by atoms with Crippen LogP contribution in [0.4, 0.5) is 0 Å². The average Bonchev–Trinajstić information content (AvgIpc) is 3.11. The Morgan fingerprint density at radius 3 is 2.65 bits per heavy atom. The molecule has 0 atom stereocenters. The third kappa shape index (κ3) is 2.65. The van der Waals surface area contributed by atoms with Gasteiger partial charge in [-0.15, -0.1) is 0 Å². The molecule has 108 valence electrons. The highest BCUT2D eigenvalue weighted by molar-refractivity contribution is 9.10. The first-order valence-electron chi connectivity index (χ1n) is 7.63. The summed E-state index contributed by atoms with van der Waals surface area (Å²) in [6.45, 7) is 0.939. The van der Waals surface area contributed by atoms with Crippen molar-refractivity contribution >= 4 is 21.8 Å². The third-order valence-corrected chi connectivity index (χ3v) is 5.31. The molecule has 2 nitrogen and oxygen atoms in total. The molecule has 0 bridgehead atoms. The standard InChI is InChI=1S/C17H22BrNO/c1-19(12-13-7-8-13)16(20)17(9-2-3-10-17)14-5-4-6-15(18)11-14/h4-6,11,13H,2-3,7-10,12H2,1H3. The maximum Gasteiger partial charge on any atom is 0.232 e. The van der Waals surface area contributed by atoms with E-state index >= 15 is 0 Å². The maximum atomic E-state index is 13.1. The van der Waals surface area contributed by atoms with Gasteiger partial charge in [-0.1, -0.05) is 40.9 Å². The number of halogens is 1. The number of hydrogen-bond donors (Lipinski definition) is 0. The van der Waals surface area contributed by atoms with E-state index in [-0.39, 0.29) is 5.41 Å². The Morgan fingerprint density at radius 2 is 2.05 bits per heavy atom. The van der Waals surface area contributed by atoms with Gasteiger partial charge in [0, 0.05) is 18.1 Å². The second kappa shape index (κ2) is 5.51. The predicted molar refractivity (Wildman–Crippen MR) is 84.6 cm³/mol. The van der Waals surface area contributed by atoms with Crippen molar-refractivity contribution in [3.05, 3.63) is 34.3 Å². The first kappa shape index (κ1) is 14.1. The third-order valence-electron chi connectivity index (χ3n) is 4.82. The van der Waals surface area contributed by atoms with E-state index in [4.69, 9.17) is 0 Å². The van der Waals surface area contributed by atoms with Gasteiger partial charge in [0.05, 0.1) is 5.41 Å². The van der Waals surface area contributed by atoms with E-state index in [0.717, 1.165) is 42.6 Å². The first-order chi connectivity index (χ1) is 9.62. The Balaban J connectivity index is 1.88. The van der Waals surface area contributed by atoms with Gasteiger partial charge in [-0.3, -0.25) is 4.79 Å². The molecule has 0 radical (unpaired) electrons. The summed E-state index contributed by atoms with van der Waals surface area (Å²) in [5, 5.41) is 0. The van der Waals surface area contributed by atoms with E-state index in [1.165, 1.54) is 18.4 Å². The van der Waals surface area contributed by atoms with Crippen LogP contribution >= 0.6 is 15.9 Å². The minimum Gasteiger partial charge on any atom is -0.345 e. The van der Waals surface area contributed by atoms with Crippen molar-refractivity contribution in [3.63, 3.8) is 0 Å². The molecule has 20 heavy (non-hydrogen) atoms. The topological polar surface area (TPSA) is 20.3 Å². The van der Waals surface area contributed by atoms with E-state index in [1.54, 1.807) is 0 Å². The molecule has 1 aromatic rings. The van der Waals surface area contributed by atoms with Crippen molar-refractivity contribution in [2.75, 3.05) is 13.6 Å². The van der Waals surface area contributed by atoms with E-state index in [0.29, 0.717) is 5.91 Å². The quantitative estimate of drug-likeness (QED) is 0.810. The Morgan fingerprint density at radius 1 is 1.35 bits per heavy atom. The second-order valence-corrected chi connectivity index (χ2v) is 7.34. The number of benzene rings is 1. The van der Waals surface area contributed by atoms with Crippen molar-refractivity contribution in [3.8, 4) is 0 Å². The molecule has 2 saturated carbocycles. The molecule has 1 aromatic carbocycles. The molecule has 0 spiro atoms. The number of carbonyl (C=O) groups is 1. The molecular formula is C17H22BrNO. The molecular weight excluding hydrogens is 314 g/mol. The highest BCUT2D eigenvalue weighted by Crippen LogP contribution is 2.43. The molecule has 2 aliphatic rings. The number of likely N-dealkylation sites (N-methyl/N-ethyl adjacent to an activating group) is 1. The summed E-state index contributed by atoms with van der Waals surface area (Å²) in [4.78, 5) is 15.0.